The second-order valence-electron chi connectivity index (χ2n) is 5.64. The molecule has 2 aliphatic heterocycles. The number of rotatable bonds is 2. The van der Waals surface area contributed by atoms with Gasteiger partial charge in [0.2, 0.25) is 0 Å². The third-order valence-electron chi connectivity index (χ3n) is 4.66. The first kappa shape index (κ1) is 10.1. The van der Waals surface area contributed by atoms with E-state index in [9.17, 15) is 0 Å². The molecule has 2 heterocycles. The van der Waals surface area contributed by atoms with E-state index in [2.05, 4.69) is 10.2 Å². The van der Waals surface area contributed by atoms with Crippen molar-refractivity contribution in [1.29, 1.82) is 0 Å². The van der Waals surface area contributed by atoms with Crippen molar-refractivity contribution in [2.45, 2.75) is 37.8 Å². The number of hydrogen-bond acceptors (Lipinski definition) is 3. The minimum absolute atomic E-state index is 0.555. The lowest BCUT2D eigenvalue weighted by Crippen LogP contribution is -2.65. The Morgan fingerprint density at radius 2 is 1.87 bits per heavy atom. The van der Waals surface area contributed by atoms with Crippen LogP contribution in [0.4, 0.5) is 0 Å². The Morgan fingerprint density at radius 3 is 2.47 bits per heavy atom. The van der Waals surface area contributed by atoms with Crippen molar-refractivity contribution in [3.8, 4) is 0 Å². The van der Waals surface area contributed by atoms with Crippen molar-refractivity contribution in [3.05, 3.63) is 0 Å². The summed E-state index contributed by atoms with van der Waals surface area (Å²) < 4.78 is 5.34. The second-order valence-corrected chi connectivity index (χ2v) is 5.64. The summed E-state index contributed by atoms with van der Waals surface area (Å²) >= 11 is 0. The van der Waals surface area contributed by atoms with Crippen molar-refractivity contribution in [2.75, 3.05) is 33.3 Å². The Hall–Kier alpha value is -0.120. The topological polar surface area (TPSA) is 24.5 Å². The molecule has 0 aromatic heterocycles. The summed E-state index contributed by atoms with van der Waals surface area (Å²) in [7, 11) is 1.84. The Kier molecular flexibility index (Phi) is 2.49. The van der Waals surface area contributed by atoms with Gasteiger partial charge in [-0.05, 0) is 44.2 Å². The maximum absolute atomic E-state index is 5.34. The third kappa shape index (κ3) is 1.71. The number of ether oxygens (including phenoxy) is 1. The average Bonchev–Trinajstić information content (AvgIpc) is 2.15. The van der Waals surface area contributed by atoms with Crippen LogP contribution in [0.1, 0.15) is 25.7 Å². The Morgan fingerprint density at radius 1 is 1.20 bits per heavy atom. The van der Waals surface area contributed by atoms with Crippen LogP contribution in [-0.2, 0) is 4.74 Å². The predicted octanol–water partition coefficient (Wildman–Crippen LogP) is 0.849. The second kappa shape index (κ2) is 3.72. The molecule has 0 aromatic rings. The highest BCUT2D eigenvalue weighted by Gasteiger charge is 2.48. The highest BCUT2D eigenvalue weighted by atomic mass is 16.5. The summed E-state index contributed by atoms with van der Waals surface area (Å²) in [6.45, 7) is 5.18. The fourth-order valence-corrected chi connectivity index (χ4v) is 3.38. The molecule has 1 spiro atoms. The van der Waals surface area contributed by atoms with Crippen LogP contribution in [0, 0.1) is 5.41 Å². The van der Waals surface area contributed by atoms with Crippen LogP contribution in [-0.4, -0.2) is 50.3 Å². The fourth-order valence-electron chi connectivity index (χ4n) is 3.38. The molecule has 86 valence electrons. The van der Waals surface area contributed by atoms with Crippen molar-refractivity contribution < 1.29 is 4.74 Å². The Labute approximate surface area is 92.2 Å². The maximum Gasteiger partial charge on any atom is 0.0601 e. The highest BCUT2D eigenvalue weighted by Crippen LogP contribution is 2.43. The van der Waals surface area contributed by atoms with E-state index in [-0.39, 0.29) is 0 Å². The number of piperidine rings is 1. The van der Waals surface area contributed by atoms with E-state index in [1.807, 2.05) is 7.11 Å². The summed E-state index contributed by atoms with van der Waals surface area (Å²) in [5, 5.41) is 3.46. The van der Waals surface area contributed by atoms with E-state index in [1.165, 1.54) is 51.9 Å². The quantitative estimate of drug-likeness (QED) is 0.731. The van der Waals surface area contributed by atoms with Crippen LogP contribution in [0.15, 0.2) is 0 Å². The lowest BCUT2D eigenvalue weighted by Gasteiger charge is -2.58. The number of hydrogen-bond donors (Lipinski definition) is 1. The molecule has 3 heteroatoms. The van der Waals surface area contributed by atoms with Crippen LogP contribution in [0.3, 0.4) is 0 Å². The van der Waals surface area contributed by atoms with Gasteiger partial charge in [-0.25, -0.2) is 0 Å². The summed E-state index contributed by atoms with van der Waals surface area (Å²) in [6, 6.07) is 0.843. The molecule has 1 N–H and O–H groups in total. The molecule has 3 aliphatic rings. The minimum atomic E-state index is 0.555. The van der Waals surface area contributed by atoms with E-state index >= 15 is 0 Å². The molecule has 3 rings (SSSR count). The molecule has 0 aromatic carbocycles. The molecule has 0 radical (unpaired) electrons. The van der Waals surface area contributed by atoms with E-state index < -0.39 is 0 Å². The first-order valence-corrected chi connectivity index (χ1v) is 6.29. The summed E-state index contributed by atoms with van der Waals surface area (Å²) in [5.74, 6) is 0. The number of nitrogens with one attached hydrogen (secondary N) is 1. The summed E-state index contributed by atoms with van der Waals surface area (Å²) in [6.07, 6.45) is 5.88. The Bertz CT molecular complexity index is 224. The molecule has 1 saturated carbocycles. The molecule has 0 unspecified atom stereocenters. The van der Waals surface area contributed by atoms with Gasteiger partial charge in [-0.1, -0.05) is 0 Å². The SMILES string of the molecule is CO[C@H]1C[C@H](N2CC3(CCNCC3)C2)C1. The van der Waals surface area contributed by atoms with E-state index in [0.29, 0.717) is 11.5 Å². The van der Waals surface area contributed by atoms with Gasteiger partial charge in [-0.15, -0.1) is 0 Å². The van der Waals surface area contributed by atoms with Crippen LogP contribution in [0.2, 0.25) is 0 Å². The first-order chi connectivity index (χ1) is 7.31. The molecule has 0 amide bonds. The lowest BCUT2D eigenvalue weighted by molar-refractivity contribution is -0.108. The zero-order valence-electron chi connectivity index (χ0n) is 9.67. The van der Waals surface area contributed by atoms with Gasteiger partial charge >= 0.3 is 0 Å². The van der Waals surface area contributed by atoms with Crippen molar-refractivity contribution in [3.63, 3.8) is 0 Å². The van der Waals surface area contributed by atoms with Crippen LogP contribution < -0.4 is 5.32 Å². The van der Waals surface area contributed by atoms with Gasteiger partial charge in [0.1, 0.15) is 0 Å². The first-order valence-electron chi connectivity index (χ1n) is 6.29. The smallest absolute Gasteiger partial charge is 0.0601 e. The summed E-state index contributed by atoms with van der Waals surface area (Å²) in [5.41, 5.74) is 0.698. The number of nitrogens with zero attached hydrogens (tertiary/aromatic N) is 1. The van der Waals surface area contributed by atoms with Gasteiger partial charge in [-0.2, -0.15) is 0 Å². The molecule has 0 bridgehead atoms. The van der Waals surface area contributed by atoms with Gasteiger partial charge in [0.25, 0.3) is 0 Å². The zero-order valence-corrected chi connectivity index (χ0v) is 9.67. The largest absolute Gasteiger partial charge is 0.381 e. The maximum atomic E-state index is 5.34. The van der Waals surface area contributed by atoms with Crippen LogP contribution in [0.5, 0.6) is 0 Å². The third-order valence-corrected chi connectivity index (χ3v) is 4.66. The Balaban J connectivity index is 1.45. The van der Waals surface area contributed by atoms with Gasteiger partial charge in [-0.3, -0.25) is 4.90 Å². The fraction of sp³-hybridized carbons (Fsp3) is 1.00. The number of methoxy groups -OCH3 is 1. The van der Waals surface area contributed by atoms with E-state index in [1.54, 1.807) is 0 Å². The predicted molar refractivity (Wildman–Crippen MR) is 59.9 cm³/mol. The van der Waals surface area contributed by atoms with Gasteiger partial charge < -0.3 is 10.1 Å². The van der Waals surface area contributed by atoms with Crippen LogP contribution >= 0.6 is 0 Å². The minimum Gasteiger partial charge on any atom is -0.381 e. The van der Waals surface area contributed by atoms with E-state index in [0.717, 1.165) is 6.04 Å². The van der Waals surface area contributed by atoms with E-state index in [4.69, 9.17) is 4.74 Å². The van der Waals surface area contributed by atoms with Crippen LogP contribution in [0.25, 0.3) is 0 Å². The lowest BCUT2D eigenvalue weighted by atomic mass is 9.70. The molecule has 0 atom stereocenters. The average molecular weight is 210 g/mol. The monoisotopic (exact) mass is 210 g/mol. The van der Waals surface area contributed by atoms with Gasteiger partial charge in [0.15, 0.2) is 0 Å². The van der Waals surface area contributed by atoms with Crippen molar-refractivity contribution in [2.24, 2.45) is 5.41 Å². The molecule has 15 heavy (non-hydrogen) atoms. The highest BCUT2D eigenvalue weighted by molar-refractivity contribution is 5.02. The standard InChI is InChI=1S/C12H22N2O/c1-15-11-6-10(7-11)14-8-12(9-14)2-4-13-5-3-12/h10-11,13H,2-9H2,1H3/t10-,11-. The molecular weight excluding hydrogens is 188 g/mol. The molecular formula is C12H22N2O. The van der Waals surface area contributed by atoms with Gasteiger partial charge in [0.05, 0.1) is 6.10 Å². The molecule has 3 fully saturated rings. The molecule has 2 saturated heterocycles. The summed E-state index contributed by atoms with van der Waals surface area (Å²) in [4.78, 5) is 2.68. The normalized spacial score (nSPS) is 39.8. The zero-order chi connectivity index (χ0) is 10.3. The van der Waals surface area contributed by atoms with Gasteiger partial charge in [0, 0.05) is 26.2 Å². The number of likely N-dealkylation sites (tertiary alicyclic amines) is 1. The van der Waals surface area contributed by atoms with Crippen molar-refractivity contribution in [1.82, 2.24) is 10.2 Å². The molecule has 1 aliphatic carbocycles. The van der Waals surface area contributed by atoms with Crippen molar-refractivity contribution >= 4 is 0 Å². The molecule has 3 nitrogen and oxygen atoms in total.